The molecule has 0 radical (unpaired) electrons. The third-order valence-corrected chi connectivity index (χ3v) is 3.97. The van der Waals surface area contributed by atoms with Gasteiger partial charge in [-0.1, -0.05) is 18.2 Å². The van der Waals surface area contributed by atoms with E-state index < -0.39 is 11.6 Å². The summed E-state index contributed by atoms with van der Waals surface area (Å²) in [4.78, 5) is 34.0. The Bertz CT molecular complexity index is 1160. The summed E-state index contributed by atoms with van der Waals surface area (Å²) in [5.41, 5.74) is 1.32. The van der Waals surface area contributed by atoms with Gasteiger partial charge in [0.25, 0.3) is 5.91 Å². The monoisotopic (exact) mass is 366 g/mol. The molecular weight excluding hydrogens is 351 g/mol. The molecule has 4 aromatic rings. The maximum absolute atomic E-state index is 13.2. The SMILES string of the molecule is O=C(NCCc1nc2ccc(F)cc2[nH]1)c1nn(-c2ccccc2)c(=O)[nH]1. The molecule has 9 heteroatoms. The lowest BCUT2D eigenvalue weighted by molar-refractivity contribution is 0.0943. The minimum Gasteiger partial charge on any atom is -0.349 e. The third-order valence-electron chi connectivity index (χ3n) is 3.97. The highest BCUT2D eigenvalue weighted by atomic mass is 19.1. The molecule has 2 aromatic heterocycles. The number of para-hydroxylation sites is 1. The quantitative estimate of drug-likeness (QED) is 0.498. The highest BCUT2D eigenvalue weighted by Crippen LogP contribution is 2.13. The smallest absolute Gasteiger partial charge is 0.348 e. The molecule has 3 N–H and O–H groups in total. The van der Waals surface area contributed by atoms with Gasteiger partial charge in [0, 0.05) is 13.0 Å². The largest absolute Gasteiger partial charge is 0.349 e. The Hall–Kier alpha value is -3.75. The van der Waals surface area contributed by atoms with Crippen LogP contribution < -0.4 is 11.0 Å². The van der Waals surface area contributed by atoms with Crippen molar-refractivity contribution in [3.8, 4) is 5.69 Å². The molecule has 0 saturated heterocycles. The first kappa shape index (κ1) is 16.7. The minimum absolute atomic E-state index is 0.0736. The van der Waals surface area contributed by atoms with Gasteiger partial charge >= 0.3 is 5.69 Å². The molecule has 27 heavy (non-hydrogen) atoms. The average Bonchev–Trinajstić information content (AvgIpc) is 3.25. The van der Waals surface area contributed by atoms with Crippen molar-refractivity contribution < 1.29 is 9.18 Å². The van der Waals surface area contributed by atoms with Crippen LogP contribution in [0.2, 0.25) is 0 Å². The Morgan fingerprint density at radius 1 is 1.15 bits per heavy atom. The zero-order chi connectivity index (χ0) is 18.8. The van der Waals surface area contributed by atoms with Crippen molar-refractivity contribution in [1.29, 1.82) is 0 Å². The molecule has 0 aliphatic heterocycles. The van der Waals surface area contributed by atoms with Crippen LogP contribution in [0.4, 0.5) is 4.39 Å². The van der Waals surface area contributed by atoms with E-state index >= 15 is 0 Å². The van der Waals surface area contributed by atoms with Gasteiger partial charge in [0.2, 0.25) is 5.82 Å². The fraction of sp³-hybridized carbons (Fsp3) is 0.111. The second-order valence-electron chi connectivity index (χ2n) is 5.88. The van der Waals surface area contributed by atoms with E-state index in [2.05, 4.69) is 25.4 Å². The second kappa shape index (κ2) is 6.87. The highest BCUT2D eigenvalue weighted by molar-refractivity contribution is 5.90. The van der Waals surface area contributed by atoms with Crippen LogP contribution in [0.25, 0.3) is 16.7 Å². The van der Waals surface area contributed by atoms with Crippen LogP contribution in [-0.4, -0.2) is 37.2 Å². The number of amides is 1. The molecule has 1 amide bonds. The van der Waals surface area contributed by atoms with Crippen molar-refractivity contribution in [3.05, 3.63) is 76.5 Å². The number of aromatic nitrogens is 5. The lowest BCUT2D eigenvalue weighted by Gasteiger charge is -2.01. The second-order valence-corrected chi connectivity index (χ2v) is 5.88. The number of carbonyl (C=O) groups excluding carboxylic acids is 1. The molecule has 0 spiro atoms. The topological polar surface area (TPSA) is 108 Å². The molecule has 0 fully saturated rings. The van der Waals surface area contributed by atoms with Crippen molar-refractivity contribution in [2.75, 3.05) is 6.54 Å². The number of rotatable bonds is 5. The molecule has 8 nitrogen and oxygen atoms in total. The van der Waals surface area contributed by atoms with Crippen LogP contribution in [0.3, 0.4) is 0 Å². The molecule has 0 aliphatic rings. The number of benzene rings is 2. The fourth-order valence-electron chi connectivity index (χ4n) is 2.70. The first-order valence-corrected chi connectivity index (χ1v) is 8.27. The standard InChI is InChI=1S/C18H15FN6O2/c19-11-6-7-13-14(10-11)22-15(21-13)8-9-20-17(26)16-23-18(27)25(24-16)12-4-2-1-3-5-12/h1-7,10H,8-9H2,(H,20,26)(H,21,22)(H,23,24,27). The van der Waals surface area contributed by atoms with Gasteiger partial charge in [-0.3, -0.25) is 9.78 Å². The summed E-state index contributed by atoms with van der Waals surface area (Å²) < 4.78 is 14.3. The van der Waals surface area contributed by atoms with Gasteiger partial charge in [-0.15, -0.1) is 5.10 Å². The van der Waals surface area contributed by atoms with Gasteiger partial charge < -0.3 is 10.3 Å². The maximum atomic E-state index is 13.2. The average molecular weight is 366 g/mol. The van der Waals surface area contributed by atoms with Crippen LogP contribution in [0.1, 0.15) is 16.4 Å². The minimum atomic E-state index is -0.496. The summed E-state index contributed by atoms with van der Waals surface area (Å²) in [7, 11) is 0. The number of imidazole rings is 1. The number of hydrogen-bond acceptors (Lipinski definition) is 4. The van der Waals surface area contributed by atoms with E-state index in [-0.39, 0.29) is 18.2 Å². The number of aromatic amines is 2. The molecule has 0 aliphatic carbocycles. The van der Waals surface area contributed by atoms with Crippen molar-refractivity contribution in [1.82, 2.24) is 30.0 Å². The normalized spacial score (nSPS) is 11.0. The Kier molecular flexibility index (Phi) is 4.25. The van der Waals surface area contributed by atoms with E-state index in [4.69, 9.17) is 0 Å². The number of halogens is 1. The first-order valence-electron chi connectivity index (χ1n) is 8.27. The summed E-state index contributed by atoms with van der Waals surface area (Å²) in [5.74, 6) is -0.289. The van der Waals surface area contributed by atoms with Crippen LogP contribution in [0.5, 0.6) is 0 Å². The van der Waals surface area contributed by atoms with E-state index in [1.807, 2.05) is 6.07 Å². The molecule has 136 valence electrons. The van der Waals surface area contributed by atoms with Crippen molar-refractivity contribution in [2.24, 2.45) is 0 Å². The van der Waals surface area contributed by atoms with E-state index in [1.54, 1.807) is 30.3 Å². The van der Waals surface area contributed by atoms with Crippen LogP contribution in [0.15, 0.2) is 53.3 Å². The predicted octanol–water partition coefficient (Wildman–Crippen LogP) is 1.55. The van der Waals surface area contributed by atoms with Gasteiger partial charge in [0.15, 0.2) is 0 Å². The zero-order valence-electron chi connectivity index (χ0n) is 14.1. The van der Waals surface area contributed by atoms with E-state index in [1.165, 1.54) is 12.1 Å². The summed E-state index contributed by atoms with van der Waals surface area (Å²) >= 11 is 0. The Morgan fingerprint density at radius 3 is 2.78 bits per heavy atom. The lowest BCUT2D eigenvalue weighted by Crippen LogP contribution is -2.27. The number of H-pyrrole nitrogens is 2. The molecule has 4 rings (SSSR count). The first-order chi connectivity index (χ1) is 13.1. The zero-order valence-corrected chi connectivity index (χ0v) is 14.1. The van der Waals surface area contributed by atoms with Crippen LogP contribution >= 0.6 is 0 Å². The summed E-state index contributed by atoms with van der Waals surface area (Å²) in [6.45, 7) is 0.279. The van der Waals surface area contributed by atoms with E-state index in [0.717, 1.165) is 4.68 Å². The number of fused-ring (bicyclic) bond motifs is 1. The highest BCUT2D eigenvalue weighted by Gasteiger charge is 2.14. The van der Waals surface area contributed by atoms with Crippen molar-refractivity contribution >= 4 is 16.9 Å². The van der Waals surface area contributed by atoms with Crippen molar-refractivity contribution in [2.45, 2.75) is 6.42 Å². The third kappa shape index (κ3) is 3.47. The van der Waals surface area contributed by atoms with Gasteiger partial charge in [-0.05, 0) is 30.3 Å². The fourth-order valence-corrected chi connectivity index (χ4v) is 2.70. The van der Waals surface area contributed by atoms with E-state index in [9.17, 15) is 14.0 Å². The van der Waals surface area contributed by atoms with Gasteiger partial charge in [-0.2, -0.15) is 4.68 Å². The van der Waals surface area contributed by atoms with Crippen LogP contribution in [-0.2, 0) is 6.42 Å². The van der Waals surface area contributed by atoms with Gasteiger partial charge in [0.05, 0.1) is 16.7 Å². The van der Waals surface area contributed by atoms with Gasteiger partial charge in [-0.25, -0.2) is 14.2 Å². The molecule has 2 aromatic carbocycles. The van der Waals surface area contributed by atoms with Crippen molar-refractivity contribution in [3.63, 3.8) is 0 Å². The molecule has 2 heterocycles. The lowest BCUT2D eigenvalue weighted by atomic mass is 10.3. The number of nitrogens with one attached hydrogen (secondary N) is 3. The summed E-state index contributed by atoms with van der Waals surface area (Å²) in [6.07, 6.45) is 0.422. The van der Waals surface area contributed by atoms with Gasteiger partial charge in [0.1, 0.15) is 11.6 Å². The Balaban J connectivity index is 1.41. The molecule has 0 saturated carbocycles. The molecule has 0 atom stereocenters. The summed E-state index contributed by atoms with van der Waals surface area (Å²) in [6, 6.07) is 13.1. The number of carbonyl (C=O) groups is 1. The summed E-state index contributed by atoms with van der Waals surface area (Å²) in [5, 5.41) is 6.70. The number of nitrogens with zero attached hydrogens (tertiary/aromatic N) is 3. The molecule has 0 unspecified atom stereocenters. The maximum Gasteiger partial charge on any atom is 0.348 e. The Morgan fingerprint density at radius 2 is 1.96 bits per heavy atom. The van der Waals surface area contributed by atoms with E-state index in [0.29, 0.717) is 29.0 Å². The predicted molar refractivity (Wildman–Crippen MR) is 96.3 cm³/mol. The Labute approximate surface area is 152 Å². The number of hydrogen-bond donors (Lipinski definition) is 3. The molecule has 0 bridgehead atoms. The van der Waals surface area contributed by atoms with Crippen LogP contribution in [0, 0.1) is 5.82 Å². The molecular formula is C18H15FN6O2.